The Morgan fingerprint density at radius 1 is 1.63 bits per heavy atom. The van der Waals surface area contributed by atoms with Gasteiger partial charge in [-0.25, -0.2) is 4.39 Å². The van der Waals surface area contributed by atoms with Crippen molar-refractivity contribution in [2.75, 3.05) is 26.9 Å². The van der Waals surface area contributed by atoms with Crippen molar-refractivity contribution in [2.45, 2.75) is 12.6 Å². The number of carbonyl (C=O) groups is 1. The minimum absolute atomic E-state index is 0.143. The lowest BCUT2D eigenvalue weighted by Gasteiger charge is -2.22. The van der Waals surface area contributed by atoms with Gasteiger partial charge in [0.05, 0.1) is 20.3 Å². The Balaban J connectivity index is 1.87. The molecular formula is C13H17FN2O3. The van der Waals surface area contributed by atoms with Crippen LogP contribution < -0.4 is 15.4 Å². The monoisotopic (exact) mass is 268 g/mol. The number of benzene rings is 1. The summed E-state index contributed by atoms with van der Waals surface area (Å²) in [5.74, 6) is -0.387. The molecule has 0 aliphatic carbocycles. The molecule has 0 saturated carbocycles. The zero-order valence-corrected chi connectivity index (χ0v) is 10.7. The SMILES string of the molecule is COc1ccc(CNC(=O)C2COCCN2)cc1F. The zero-order valence-electron chi connectivity index (χ0n) is 10.7. The normalized spacial score (nSPS) is 18.9. The second-order valence-corrected chi connectivity index (χ2v) is 4.27. The lowest BCUT2D eigenvalue weighted by atomic mass is 10.2. The van der Waals surface area contributed by atoms with Gasteiger partial charge < -0.3 is 20.1 Å². The van der Waals surface area contributed by atoms with Crippen molar-refractivity contribution in [2.24, 2.45) is 0 Å². The minimum Gasteiger partial charge on any atom is -0.494 e. The van der Waals surface area contributed by atoms with Crippen molar-refractivity contribution < 1.29 is 18.7 Å². The third kappa shape index (κ3) is 3.65. The third-order valence-corrected chi connectivity index (χ3v) is 2.92. The van der Waals surface area contributed by atoms with E-state index in [1.54, 1.807) is 12.1 Å². The van der Waals surface area contributed by atoms with Crippen molar-refractivity contribution in [1.82, 2.24) is 10.6 Å². The van der Waals surface area contributed by atoms with Crippen LogP contribution >= 0.6 is 0 Å². The second kappa shape index (κ2) is 6.49. The first-order chi connectivity index (χ1) is 9.20. The molecule has 1 aromatic carbocycles. The molecule has 0 bridgehead atoms. The van der Waals surface area contributed by atoms with E-state index in [0.29, 0.717) is 25.3 Å². The molecule has 1 heterocycles. The molecule has 1 saturated heterocycles. The summed E-state index contributed by atoms with van der Waals surface area (Å²) in [5, 5.41) is 5.80. The van der Waals surface area contributed by atoms with Crippen LogP contribution in [0.25, 0.3) is 0 Å². The molecule has 5 nitrogen and oxygen atoms in total. The van der Waals surface area contributed by atoms with Crippen LogP contribution in [-0.2, 0) is 16.1 Å². The van der Waals surface area contributed by atoms with E-state index in [9.17, 15) is 9.18 Å². The highest BCUT2D eigenvalue weighted by atomic mass is 19.1. The van der Waals surface area contributed by atoms with Crippen LogP contribution in [0, 0.1) is 5.82 Å². The van der Waals surface area contributed by atoms with E-state index in [1.165, 1.54) is 13.2 Å². The van der Waals surface area contributed by atoms with Gasteiger partial charge in [-0.15, -0.1) is 0 Å². The highest BCUT2D eigenvalue weighted by Crippen LogP contribution is 2.17. The summed E-state index contributed by atoms with van der Waals surface area (Å²) in [6.45, 7) is 1.92. The maximum absolute atomic E-state index is 13.5. The summed E-state index contributed by atoms with van der Waals surface area (Å²) in [7, 11) is 1.41. The molecule has 2 N–H and O–H groups in total. The zero-order chi connectivity index (χ0) is 13.7. The number of methoxy groups -OCH3 is 1. The van der Waals surface area contributed by atoms with Gasteiger partial charge in [-0.05, 0) is 17.7 Å². The predicted molar refractivity (Wildman–Crippen MR) is 67.4 cm³/mol. The Kier molecular flexibility index (Phi) is 4.70. The quantitative estimate of drug-likeness (QED) is 0.832. The summed E-state index contributed by atoms with van der Waals surface area (Å²) in [6.07, 6.45) is 0. The molecule has 1 amide bonds. The van der Waals surface area contributed by atoms with Gasteiger partial charge in [-0.2, -0.15) is 0 Å². The Labute approximate surface area is 111 Å². The van der Waals surface area contributed by atoms with Crippen LogP contribution in [0.4, 0.5) is 4.39 Å². The van der Waals surface area contributed by atoms with E-state index in [4.69, 9.17) is 9.47 Å². The van der Waals surface area contributed by atoms with E-state index >= 15 is 0 Å². The molecule has 19 heavy (non-hydrogen) atoms. The van der Waals surface area contributed by atoms with Crippen molar-refractivity contribution in [3.05, 3.63) is 29.6 Å². The molecule has 2 rings (SSSR count). The van der Waals surface area contributed by atoms with E-state index in [0.717, 1.165) is 0 Å². The number of carbonyl (C=O) groups excluding carboxylic acids is 1. The van der Waals surface area contributed by atoms with Gasteiger partial charge in [-0.3, -0.25) is 4.79 Å². The standard InChI is InChI=1S/C13H17FN2O3/c1-18-12-3-2-9(6-10(12)14)7-16-13(17)11-8-19-5-4-15-11/h2-3,6,11,15H,4-5,7-8H2,1H3,(H,16,17). The lowest BCUT2D eigenvalue weighted by molar-refractivity contribution is -0.126. The fourth-order valence-electron chi connectivity index (χ4n) is 1.87. The van der Waals surface area contributed by atoms with Gasteiger partial charge in [0.15, 0.2) is 11.6 Å². The molecule has 1 fully saturated rings. The summed E-state index contributed by atoms with van der Waals surface area (Å²) < 4.78 is 23.5. The lowest BCUT2D eigenvalue weighted by Crippen LogP contribution is -2.51. The average molecular weight is 268 g/mol. The van der Waals surface area contributed by atoms with Crippen LogP contribution in [0.3, 0.4) is 0 Å². The minimum atomic E-state index is -0.437. The fraction of sp³-hybridized carbons (Fsp3) is 0.462. The van der Waals surface area contributed by atoms with Gasteiger partial charge in [-0.1, -0.05) is 6.07 Å². The van der Waals surface area contributed by atoms with Crippen molar-refractivity contribution in [3.8, 4) is 5.75 Å². The molecule has 0 radical (unpaired) electrons. The Morgan fingerprint density at radius 3 is 3.11 bits per heavy atom. The van der Waals surface area contributed by atoms with Crippen LogP contribution in [0.1, 0.15) is 5.56 Å². The number of rotatable bonds is 4. The number of hydrogen-bond donors (Lipinski definition) is 2. The molecule has 1 aliphatic heterocycles. The van der Waals surface area contributed by atoms with Crippen molar-refractivity contribution in [1.29, 1.82) is 0 Å². The van der Waals surface area contributed by atoms with Crippen LogP contribution in [0.15, 0.2) is 18.2 Å². The number of ether oxygens (including phenoxy) is 2. The van der Waals surface area contributed by atoms with Gasteiger partial charge in [0.1, 0.15) is 6.04 Å². The number of halogens is 1. The van der Waals surface area contributed by atoms with Gasteiger partial charge in [0.2, 0.25) is 5.91 Å². The predicted octanol–water partition coefficient (Wildman–Crippen LogP) is 0.439. The molecule has 1 atom stereocenters. The molecule has 0 aromatic heterocycles. The van der Waals surface area contributed by atoms with E-state index in [-0.39, 0.29) is 24.2 Å². The molecule has 1 aromatic rings. The van der Waals surface area contributed by atoms with E-state index < -0.39 is 5.82 Å². The summed E-state index contributed by atoms with van der Waals surface area (Å²) in [6, 6.07) is 4.27. The van der Waals surface area contributed by atoms with Crippen LogP contribution in [0.2, 0.25) is 0 Å². The number of hydrogen-bond acceptors (Lipinski definition) is 4. The van der Waals surface area contributed by atoms with Crippen molar-refractivity contribution >= 4 is 5.91 Å². The Hall–Kier alpha value is -1.66. The van der Waals surface area contributed by atoms with Crippen LogP contribution in [0.5, 0.6) is 5.75 Å². The molecule has 1 aliphatic rings. The average Bonchev–Trinajstić information content (AvgIpc) is 2.46. The van der Waals surface area contributed by atoms with E-state index in [2.05, 4.69) is 10.6 Å². The van der Waals surface area contributed by atoms with Crippen molar-refractivity contribution in [3.63, 3.8) is 0 Å². The van der Waals surface area contributed by atoms with E-state index in [1.807, 2.05) is 0 Å². The third-order valence-electron chi connectivity index (χ3n) is 2.92. The number of morpholine rings is 1. The van der Waals surface area contributed by atoms with Gasteiger partial charge in [0, 0.05) is 13.1 Å². The maximum Gasteiger partial charge on any atom is 0.239 e. The largest absolute Gasteiger partial charge is 0.494 e. The first kappa shape index (κ1) is 13.8. The van der Waals surface area contributed by atoms with Gasteiger partial charge >= 0.3 is 0 Å². The summed E-state index contributed by atoms with van der Waals surface area (Å²) >= 11 is 0. The highest BCUT2D eigenvalue weighted by molar-refractivity contribution is 5.81. The van der Waals surface area contributed by atoms with Crippen LogP contribution in [-0.4, -0.2) is 38.8 Å². The van der Waals surface area contributed by atoms with Gasteiger partial charge in [0.25, 0.3) is 0 Å². The molecule has 104 valence electrons. The number of amides is 1. The Morgan fingerprint density at radius 2 is 2.47 bits per heavy atom. The first-order valence-electron chi connectivity index (χ1n) is 6.12. The Bertz CT molecular complexity index is 448. The fourth-order valence-corrected chi connectivity index (χ4v) is 1.87. The number of nitrogens with one attached hydrogen (secondary N) is 2. The molecule has 1 unspecified atom stereocenters. The highest BCUT2D eigenvalue weighted by Gasteiger charge is 2.20. The summed E-state index contributed by atoms with van der Waals surface area (Å²) in [4.78, 5) is 11.8. The topological polar surface area (TPSA) is 59.6 Å². The first-order valence-corrected chi connectivity index (χ1v) is 6.12. The smallest absolute Gasteiger partial charge is 0.239 e. The molecule has 6 heteroatoms. The molecule has 0 spiro atoms. The second-order valence-electron chi connectivity index (χ2n) is 4.27. The summed E-state index contributed by atoms with van der Waals surface area (Å²) in [5.41, 5.74) is 0.684. The maximum atomic E-state index is 13.5. The molecular weight excluding hydrogens is 251 g/mol.